The van der Waals surface area contributed by atoms with Gasteiger partial charge in [-0.25, -0.2) is 13.1 Å². The minimum atomic E-state index is -3.67. The highest BCUT2D eigenvalue weighted by atomic mass is 35.5. The molecular weight excluding hydrogens is 344 g/mol. The van der Waals surface area contributed by atoms with Gasteiger partial charge in [0.25, 0.3) is 5.91 Å². The number of nitrogens with one attached hydrogen (secondary N) is 1. The number of thiophene rings is 1. The number of nitrogens with zero attached hydrogens (tertiary/aromatic N) is 1. The van der Waals surface area contributed by atoms with Crippen molar-refractivity contribution in [1.82, 2.24) is 9.62 Å². The highest BCUT2D eigenvalue weighted by molar-refractivity contribution is 7.91. The summed E-state index contributed by atoms with van der Waals surface area (Å²) in [6.07, 6.45) is 0. The highest BCUT2D eigenvalue weighted by Gasteiger charge is 2.20. The quantitative estimate of drug-likeness (QED) is 0.893. The van der Waals surface area contributed by atoms with Gasteiger partial charge in [0.05, 0.1) is 4.88 Å². The van der Waals surface area contributed by atoms with E-state index < -0.39 is 10.0 Å². The molecule has 22 heavy (non-hydrogen) atoms. The molecule has 0 bridgehead atoms. The van der Waals surface area contributed by atoms with Crippen molar-refractivity contribution in [3.8, 4) is 0 Å². The number of carbonyl (C=O) groups is 1. The van der Waals surface area contributed by atoms with Gasteiger partial charge in [0, 0.05) is 25.7 Å². The van der Waals surface area contributed by atoms with E-state index in [1.165, 1.54) is 17.0 Å². The van der Waals surface area contributed by atoms with Gasteiger partial charge in [0.1, 0.15) is 4.21 Å². The van der Waals surface area contributed by atoms with Crippen LogP contribution in [0.5, 0.6) is 0 Å². The fourth-order valence-corrected chi connectivity index (χ4v) is 4.27. The van der Waals surface area contributed by atoms with Gasteiger partial charge >= 0.3 is 0 Å². The molecule has 2 aromatic rings. The predicted octanol–water partition coefficient (Wildman–Crippen LogP) is 2.58. The maximum atomic E-state index is 12.3. The van der Waals surface area contributed by atoms with Crippen LogP contribution >= 0.6 is 22.9 Å². The van der Waals surface area contributed by atoms with E-state index >= 15 is 0 Å². The van der Waals surface area contributed by atoms with Gasteiger partial charge < -0.3 is 4.90 Å². The first-order valence-corrected chi connectivity index (χ1v) is 9.03. The normalized spacial score (nSPS) is 11.4. The molecule has 0 aliphatic heterocycles. The van der Waals surface area contributed by atoms with Gasteiger partial charge in [-0.2, -0.15) is 0 Å². The van der Waals surface area contributed by atoms with Gasteiger partial charge in [-0.15, -0.1) is 11.3 Å². The molecule has 1 amide bonds. The molecule has 0 aliphatic rings. The van der Waals surface area contributed by atoms with Crippen molar-refractivity contribution in [2.75, 3.05) is 14.1 Å². The van der Waals surface area contributed by atoms with Crippen LogP contribution in [0.15, 0.2) is 40.6 Å². The second kappa shape index (κ2) is 6.78. The Bertz CT molecular complexity index is 785. The summed E-state index contributed by atoms with van der Waals surface area (Å²) in [6.45, 7) is 0.0941. The highest BCUT2D eigenvalue weighted by Crippen LogP contribution is 2.23. The van der Waals surface area contributed by atoms with E-state index in [1.807, 2.05) is 0 Å². The smallest absolute Gasteiger partial charge is 0.263 e. The first kappa shape index (κ1) is 17.0. The molecule has 0 saturated carbocycles. The van der Waals surface area contributed by atoms with Crippen LogP contribution in [0, 0.1) is 0 Å². The third kappa shape index (κ3) is 3.86. The fraction of sp³-hybridized carbons (Fsp3) is 0.214. The molecule has 0 spiro atoms. The summed E-state index contributed by atoms with van der Waals surface area (Å²) < 4.78 is 27.1. The number of halogens is 1. The summed E-state index contributed by atoms with van der Waals surface area (Å²) in [5.41, 5.74) is 0.689. The average Bonchev–Trinajstić information content (AvgIpc) is 2.96. The van der Waals surface area contributed by atoms with Crippen molar-refractivity contribution in [2.45, 2.75) is 10.8 Å². The Kier molecular flexibility index (Phi) is 5.23. The zero-order valence-corrected chi connectivity index (χ0v) is 14.4. The van der Waals surface area contributed by atoms with E-state index in [-0.39, 0.29) is 16.7 Å². The van der Waals surface area contributed by atoms with Gasteiger partial charge in [0.15, 0.2) is 0 Å². The lowest BCUT2D eigenvalue weighted by Crippen LogP contribution is -2.22. The molecular formula is C14H15ClN2O3S2. The van der Waals surface area contributed by atoms with Gasteiger partial charge in [0.2, 0.25) is 10.0 Å². The minimum Gasteiger partial charge on any atom is -0.344 e. The zero-order valence-electron chi connectivity index (χ0n) is 12.0. The van der Waals surface area contributed by atoms with Crippen LogP contribution in [-0.4, -0.2) is 33.3 Å². The number of hydrogen-bond acceptors (Lipinski definition) is 4. The maximum Gasteiger partial charge on any atom is 0.263 e. The van der Waals surface area contributed by atoms with Crippen molar-refractivity contribution >= 4 is 38.9 Å². The Morgan fingerprint density at radius 2 is 1.91 bits per heavy atom. The third-order valence-electron chi connectivity index (χ3n) is 2.87. The summed E-state index contributed by atoms with van der Waals surface area (Å²) in [5.74, 6) is -0.224. The molecule has 0 radical (unpaired) electrons. The van der Waals surface area contributed by atoms with Crippen LogP contribution in [0.1, 0.15) is 15.2 Å². The molecule has 8 heteroatoms. The summed E-state index contributed by atoms with van der Waals surface area (Å²) in [6, 6.07) is 9.95. The molecule has 1 heterocycles. The van der Waals surface area contributed by atoms with Crippen molar-refractivity contribution in [1.29, 1.82) is 0 Å². The van der Waals surface area contributed by atoms with E-state index in [9.17, 15) is 13.2 Å². The summed E-state index contributed by atoms with van der Waals surface area (Å²) >= 11 is 6.94. The minimum absolute atomic E-state index is 0.0941. The topological polar surface area (TPSA) is 66.5 Å². The van der Waals surface area contributed by atoms with Gasteiger partial charge in [-0.05, 0) is 23.8 Å². The standard InChI is InChI=1S/C14H15ClN2O3S2/c1-17(2)14(18)12-7-8-13(21-12)22(19,20)16-9-10-5-3-4-6-11(10)15/h3-8,16H,9H2,1-2H3. The molecule has 118 valence electrons. The molecule has 0 unspecified atom stereocenters. The zero-order chi connectivity index (χ0) is 16.3. The average molecular weight is 359 g/mol. The molecule has 2 rings (SSSR count). The number of benzene rings is 1. The third-order valence-corrected chi connectivity index (χ3v) is 6.21. The second-order valence-corrected chi connectivity index (χ2v) is 8.22. The largest absolute Gasteiger partial charge is 0.344 e. The molecule has 0 saturated heterocycles. The molecule has 1 aromatic heterocycles. The fourth-order valence-electron chi connectivity index (χ4n) is 1.69. The van der Waals surface area contributed by atoms with Gasteiger partial charge in [-0.1, -0.05) is 29.8 Å². The van der Waals surface area contributed by atoms with E-state index in [4.69, 9.17) is 11.6 Å². The van der Waals surface area contributed by atoms with E-state index in [0.29, 0.717) is 15.5 Å². The lowest BCUT2D eigenvalue weighted by molar-refractivity contribution is 0.0832. The summed E-state index contributed by atoms with van der Waals surface area (Å²) in [5, 5.41) is 0.500. The van der Waals surface area contributed by atoms with Crippen LogP contribution in [0.25, 0.3) is 0 Å². The predicted molar refractivity (Wildman–Crippen MR) is 87.8 cm³/mol. The van der Waals surface area contributed by atoms with E-state index in [1.54, 1.807) is 38.4 Å². The lowest BCUT2D eigenvalue weighted by atomic mass is 10.2. The summed E-state index contributed by atoms with van der Waals surface area (Å²) in [4.78, 5) is 13.6. The number of carbonyl (C=O) groups excluding carboxylic acids is 1. The van der Waals surface area contributed by atoms with Crippen molar-refractivity contribution in [2.24, 2.45) is 0 Å². The van der Waals surface area contributed by atoms with E-state index in [0.717, 1.165) is 11.3 Å². The first-order chi connectivity index (χ1) is 10.3. The number of hydrogen-bond donors (Lipinski definition) is 1. The number of sulfonamides is 1. The van der Waals surface area contributed by atoms with Crippen LogP contribution in [0.4, 0.5) is 0 Å². The lowest BCUT2D eigenvalue weighted by Gasteiger charge is -2.08. The van der Waals surface area contributed by atoms with Crippen molar-refractivity contribution < 1.29 is 13.2 Å². The van der Waals surface area contributed by atoms with Crippen LogP contribution < -0.4 is 4.72 Å². The van der Waals surface area contributed by atoms with Gasteiger partial charge in [-0.3, -0.25) is 4.79 Å². The molecule has 0 aliphatic carbocycles. The molecule has 1 aromatic carbocycles. The van der Waals surface area contributed by atoms with Crippen LogP contribution in [0.3, 0.4) is 0 Å². The van der Waals surface area contributed by atoms with Crippen LogP contribution in [-0.2, 0) is 16.6 Å². The Labute approximate surface area is 138 Å². The van der Waals surface area contributed by atoms with Crippen LogP contribution in [0.2, 0.25) is 5.02 Å². The monoisotopic (exact) mass is 358 g/mol. The molecule has 1 N–H and O–H groups in total. The Hall–Kier alpha value is -1.41. The number of rotatable bonds is 5. The number of amides is 1. The first-order valence-electron chi connectivity index (χ1n) is 6.36. The molecule has 5 nitrogen and oxygen atoms in total. The van der Waals surface area contributed by atoms with E-state index in [2.05, 4.69) is 4.72 Å². The second-order valence-electron chi connectivity index (χ2n) is 4.73. The Morgan fingerprint density at radius 1 is 1.23 bits per heavy atom. The molecule has 0 atom stereocenters. The van der Waals surface area contributed by atoms with Crippen molar-refractivity contribution in [3.63, 3.8) is 0 Å². The SMILES string of the molecule is CN(C)C(=O)c1ccc(S(=O)(=O)NCc2ccccc2Cl)s1. The summed E-state index contributed by atoms with van der Waals surface area (Å²) in [7, 11) is -0.441. The Morgan fingerprint density at radius 3 is 2.55 bits per heavy atom. The Balaban J connectivity index is 2.14. The molecule has 0 fully saturated rings. The maximum absolute atomic E-state index is 12.3. The van der Waals surface area contributed by atoms with Crippen molar-refractivity contribution in [3.05, 3.63) is 51.9 Å².